The van der Waals surface area contributed by atoms with E-state index in [9.17, 15) is 9.18 Å². The molecule has 1 aromatic carbocycles. The molecule has 0 saturated carbocycles. The van der Waals surface area contributed by atoms with Crippen molar-refractivity contribution >= 4 is 17.4 Å². The largest absolute Gasteiger partial charge is 0.382 e. The van der Waals surface area contributed by atoms with E-state index >= 15 is 0 Å². The Morgan fingerprint density at radius 3 is 2.61 bits per heavy atom. The first-order valence-electron chi connectivity index (χ1n) is 6.73. The highest BCUT2D eigenvalue weighted by atomic mass is 19.1. The van der Waals surface area contributed by atoms with Gasteiger partial charge in [0.15, 0.2) is 11.5 Å². The average Bonchev–Trinajstić information content (AvgIpc) is 2.57. The lowest BCUT2D eigenvalue weighted by Crippen LogP contribution is -2.17. The molecule has 2 heterocycles. The summed E-state index contributed by atoms with van der Waals surface area (Å²) in [5.41, 5.74) is 7.31. The standard InChI is InChI=1S/C16H12FN5O/c17-11-5-3-10(4-6-11)13-9-20-15(18)14(22-13)16(23)21-12-2-1-7-19-8-12/h1-9H,(H2,18,20)(H,21,23). The smallest absolute Gasteiger partial charge is 0.278 e. The Morgan fingerprint density at radius 2 is 1.91 bits per heavy atom. The molecule has 6 nitrogen and oxygen atoms in total. The van der Waals surface area contributed by atoms with Crippen molar-refractivity contribution in [1.29, 1.82) is 0 Å². The second kappa shape index (κ2) is 6.18. The van der Waals surface area contributed by atoms with Gasteiger partial charge in [-0.05, 0) is 36.4 Å². The van der Waals surface area contributed by atoms with Gasteiger partial charge in [-0.2, -0.15) is 0 Å². The minimum absolute atomic E-state index is 0.00400. The summed E-state index contributed by atoms with van der Waals surface area (Å²) in [6.45, 7) is 0. The summed E-state index contributed by atoms with van der Waals surface area (Å²) in [4.78, 5) is 24.4. The Kier molecular flexibility index (Phi) is 3.92. The van der Waals surface area contributed by atoms with E-state index in [0.717, 1.165) is 0 Å². The third-order valence-corrected chi connectivity index (χ3v) is 3.08. The number of pyridine rings is 1. The van der Waals surface area contributed by atoms with E-state index in [1.54, 1.807) is 30.5 Å². The summed E-state index contributed by atoms with van der Waals surface area (Å²) in [5.74, 6) is -0.837. The van der Waals surface area contributed by atoms with Crippen molar-refractivity contribution in [3.05, 3.63) is 66.5 Å². The molecule has 0 aliphatic carbocycles. The van der Waals surface area contributed by atoms with E-state index in [-0.39, 0.29) is 17.3 Å². The number of rotatable bonds is 3. The molecule has 0 spiro atoms. The summed E-state index contributed by atoms with van der Waals surface area (Å²) in [7, 11) is 0. The molecule has 0 aliphatic heterocycles. The van der Waals surface area contributed by atoms with Crippen LogP contribution in [0.4, 0.5) is 15.9 Å². The first kappa shape index (κ1) is 14.6. The molecule has 0 unspecified atom stereocenters. The predicted octanol–water partition coefficient (Wildman–Crippen LogP) is 2.51. The maximum absolute atomic E-state index is 13.0. The van der Waals surface area contributed by atoms with E-state index in [1.165, 1.54) is 24.5 Å². The van der Waals surface area contributed by atoms with Crippen molar-refractivity contribution < 1.29 is 9.18 Å². The Morgan fingerprint density at radius 1 is 1.13 bits per heavy atom. The number of hydrogen-bond acceptors (Lipinski definition) is 5. The first-order chi connectivity index (χ1) is 11.1. The molecular weight excluding hydrogens is 297 g/mol. The molecule has 3 aromatic rings. The maximum Gasteiger partial charge on any atom is 0.278 e. The van der Waals surface area contributed by atoms with Crippen molar-refractivity contribution in [3.8, 4) is 11.3 Å². The Balaban J connectivity index is 1.91. The fourth-order valence-electron chi connectivity index (χ4n) is 1.95. The van der Waals surface area contributed by atoms with Gasteiger partial charge in [0, 0.05) is 11.8 Å². The lowest BCUT2D eigenvalue weighted by molar-refractivity contribution is 0.102. The van der Waals surface area contributed by atoms with Gasteiger partial charge in [0.25, 0.3) is 5.91 Å². The number of benzene rings is 1. The second-order valence-electron chi connectivity index (χ2n) is 4.69. The van der Waals surface area contributed by atoms with Gasteiger partial charge in [0.05, 0.1) is 23.8 Å². The molecule has 3 rings (SSSR count). The van der Waals surface area contributed by atoms with Crippen LogP contribution in [0.3, 0.4) is 0 Å². The predicted molar refractivity (Wildman–Crippen MR) is 84.0 cm³/mol. The Hall–Kier alpha value is -3.35. The lowest BCUT2D eigenvalue weighted by Gasteiger charge is -2.08. The number of anilines is 2. The van der Waals surface area contributed by atoms with Crippen molar-refractivity contribution in [2.75, 3.05) is 11.1 Å². The quantitative estimate of drug-likeness (QED) is 0.775. The van der Waals surface area contributed by atoms with Crippen LogP contribution in [0.1, 0.15) is 10.5 Å². The summed E-state index contributed by atoms with van der Waals surface area (Å²) >= 11 is 0. The number of hydrogen-bond donors (Lipinski definition) is 2. The van der Waals surface area contributed by atoms with Crippen LogP contribution in [-0.4, -0.2) is 20.9 Å². The molecule has 0 bridgehead atoms. The van der Waals surface area contributed by atoms with Crippen LogP contribution in [0.25, 0.3) is 11.3 Å². The fraction of sp³-hybridized carbons (Fsp3) is 0. The van der Waals surface area contributed by atoms with Gasteiger partial charge in [-0.15, -0.1) is 0 Å². The SMILES string of the molecule is Nc1ncc(-c2ccc(F)cc2)nc1C(=O)Nc1cccnc1. The van der Waals surface area contributed by atoms with Crippen molar-refractivity contribution in [1.82, 2.24) is 15.0 Å². The van der Waals surface area contributed by atoms with Gasteiger partial charge in [0.1, 0.15) is 5.82 Å². The number of carbonyl (C=O) groups is 1. The third kappa shape index (κ3) is 3.29. The first-order valence-corrected chi connectivity index (χ1v) is 6.73. The highest BCUT2D eigenvalue weighted by molar-refractivity contribution is 6.05. The van der Waals surface area contributed by atoms with Crippen LogP contribution in [0.2, 0.25) is 0 Å². The maximum atomic E-state index is 13.0. The third-order valence-electron chi connectivity index (χ3n) is 3.08. The van der Waals surface area contributed by atoms with Crippen molar-refractivity contribution in [2.45, 2.75) is 0 Å². The van der Waals surface area contributed by atoms with Gasteiger partial charge in [-0.3, -0.25) is 9.78 Å². The van der Waals surface area contributed by atoms with Gasteiger partial charge in [-0.1, -0.05) is 0 Å². The van der Waals surface area contributed by atoms with Crippen LogP contribution in [0, 0.1) is 5.82 Å². The lowest BCUT2D eigenvalue weighted by atomic mass is 10.1. The number of halogens is 1. The molecule has 0 fully saturated rings. The number of nitrogen functional groups attached to an aromatic ring is 1. The number of nitrogens with zero attached hydrogens (tertiary/aromatic N) is 3. The van der Waals surface area contributed by atoms with Crippen LogP contribution in [0.15, 0.2) is 55.0 Å². The fourth-order valence-corrected chi connectivity index (χ4v) is 1.95. The van der Waals surface area contributed by atoms with E-state index in [4.69, 9.17) is 5.73 Å². The monoisotopic (exact) mass is 309 g/mol. The van der Waals surface area contributed by atoms with Crippen LogP contribution in [0.5, 0.6) is 0 Å². The van der Waals surface area contributed by atoms with Gasteiger partial charge in [-0.25, -0.2) is 14.4 Å². The van der Waals surface area contributed by atoms with Crippen LogP contribution < -0.4 is 11.1 Å². The molecule has 2 aromatic heterocycles. The average molecular weight is 309 g/mol. The highest BCUT2D eigenvalue weighted by Gasteiger charge is 2.15. The summed E-state index contributed by atoms with van der Waals surface area (Å²) < 4.78 is 13.0. The molecular formula is C16H12FN5O. The molecule has 7 heteroatoms. The Labute approximate surface area is 131 Å². The molecule has 23 heavy (non-hydrogen) atoms. The van der Waals surface area contributed by atoms with Crippen LogP contribution >= 0.6 is 0 Å². The van der Waals surface area contributed by atoms with Crippen molar-refractivity contribution in [3.63, 3.8) is 0 Å². The molecule has 0 saturated heterocycles. The number of carbonyl (C=O) groups excluding carboxylic acids is 1. The number of amides is 1. The zero-order valence-electron chi connectivity index (χ0n) is 11.9. The zero-order chi connectivity index (χ0) is 16.2. The molecule has 1 amide bonds. The molecule has 0 radical (unpaired) electrons. The summed E-state index contributed by atoms with van der Waals surface area (Å²) in [6.07, 6.45) is 4.54. The van der Waals surface area contributed by atoms with Gasteiger partial charge in [0.2, 0.25) is 0 Å². The molecule has 0 aliphatic rings. The summed E-state index contributed by atoms with van der Waals surface area (Å²) in [6, 6.07) is 9.11. The van der Waals surface area contributed by atoms with E-state index in [2.05, 4.69) is 20.3 Å². The molecule has 3 N–H and O–H groups in total. The topological polar surface area (TPSA) is 93.8 Å². The van der Waals surface area contributed by atoms with E-state index in [1.807, 2.05) is 0 Å². The zero-order valence-corrected chi connectivity index (χ0v) is 11.9. The minimum atomic E-state index is -0.494. The van der Waals surface area contributed by atoms with Crippen molar-refractivity contribution in [2.24, 2.45) is 0 Å². The Bertz CT molecular complexity index is 837. The number of nitrogens with one attached hydrogen (secondary N) is 1. The second-order valence-corrected chi connectivity index (χ2v) is 4.69. The van der Waals surface area contributed by atoms with Crippen LogP contribution in [-0.2, 0) is 0 Å². The van der Waals surface area contributed by atoms with E-state index < -0.39 is 5.91 Å². The normalized spacial score (nSPS) is 10.3. The highest BCUT2D eigenvalue weighted by Crippen LogP contribution is 2.19. The van der Waals surface area contributed by atoms with E-state index in [0.29, 0.717) is 16.9 Å². The molecule has 114 valence electrons. The molecule has 0 atom stereocenters. The minimum Gasteiger partial charge on any atom is -0.382 e. The summed E-state index contributed by atoms with van der Waals surface area (Å²) in [5, 5.41) is 2.64. The number of aromatic nitrogens is 3. The van der Waals surface area contributed by atoms with Gasteiger partial charge < -0.3 is 11.1 Å². The van der Waals surface area contributed by atoms with Gasteiger partial charge >= 0.3 is 0 Å². The number of nitrogens with two attached hydrogens (primary N) is 1.